The van der Waals surface area contributed by atoms with E-state index in [-0.39, 0.29) is 32.0 Å². The van der Waals surface area contributed by atoms with E-state index in [1.54, 1.807) is 0 Å². The van der Waals surface area contributed by atoms with Gasteiger partial charge < -0.3 is 5.32 Å². The fourth-order valence-corrected chi connectivity index (χ4v) is 7.98. The first kappa shape index (κ1) is 29.7. The summed E-state index contributed by atoms with van der Waals surface area (Å²) in [4.78, 5) is 31.2. The molecule has 0 radical (unpaired) electrons. The summed E-state index contributed by atoms with van der Waals surface area (Å²) in [6.07, 6.45) is -1.98. The number of carbonyl (C=O) groups is 2. The van der Waals surface area contributed by atoms with E-state index in [9.17, 15) is 31.2 Å². The second kappa shape index (κ2) is 12.2. The van der Waals surface area contributed by atoms with Crippen LogP contribution in [0.2, 0.25) is 0 Å². The van der Waals surface area contributed by atoms with Crippen LogP contribution in [0.3, 0.4) is 0 Å². The van der Waals surface area contributed by atoms with Gasteiger partial charge in [-0.2, -0.15) is 13.2 Å². The van der Waals surface area contributed by atoms with E-state index in [4.69, 9.17) is 0 Å². The van der Waals surface area contributed by atoms with Crippen LogP contribution in [0.4, 0.5) is 28.8 Å². The number of aromatic amines is 1. The van der Waals surface area contributed by atoms with E-state index >= 15 is 0 Å². The molecule has 11 nitrogen and oxygen atoms in total. The van der Waals surface area contributed by atoms with Crippen molar-refractivity contribution >= 4 is 55.6 Å². The average Bonchev–Trinajstić information content (AvgIpc) is 3.74. The number of amides is 2. The van der Waals surface area contributed by atoms with Crippen LogP contribution in [0.15, 0.2) is 62.8 Å². The van der Waals surface area contributed by atoms with Crippen molar-refractivity contribution in [1.29, 1.82) is 0 Å². The van der Waals surface area contributed by atoms with Gasteiger partial charge in [-0.25, -0.2) is 23.3 Å². The minimum Gasteiger partial charge on any atom is -0.307 e. The first-order valence-corrected chi connectivity index (χ1v) is 15.8. The summed E-state index contributed by atoms with van der Waals surface area (Å²) in [5.41, 5.74) is -1.22. The second-order valence-corrected chi connectivity index (χ2v) is 13.4. The molecule has 1 saturated carbocycles. The minimum atomic E-state index is -4.68. The van der Waals surface area contributed by atoms with Gasteiger partial charge in [0, 0.05) is 22.1 Å². The lowest BCUT2D eigenvalue weighted by Crippen LogP contribution is -2.23. The molecule has 1 aliphatic carbocycles. The first-order valence-electron chi connectivity index (χ1n) is 12.5. The summed E-state index contributed by atoms with van der Waals surface area (Å²) in [6.45, 7) is 0. The third-order valence-electron chi connectivity index (χ3n) is 6.41. The summed E-state index contributed by atoms with van der Waals surface area (Å²) in [6, 6.07) is 10.8. The summed E-state index contributed by atoms with van der Waals surface area (Å²) >= 11 is 1.98. The Kier molecular flexibility index (Phi) is 8.60. The number of anilines is 2. The van der Waals surface area contributed by atoms with Gasteiger partial charge in [0.25, 0.3) is 15.0 Å². The van der Waals surface area contributed by atoms with Gasteiger partial charge in [0.15, 0.2) is 15.1 Å². The fraction of sp³-hybridized carbons (Fsp3) is 0.280. The summed E-state index contributed by atoms with van der Waals surface area (Å²) in [5, 5.41) is 16.6. The molecular weight excluding hydrogens is 616 g/mol. The largest absolute Gasteiger partial charge is 0.416 e. The number of carbonyl (C=O) groups excluding carboxylic acids is 2. The molecule has 0 spiro atoms. The van der Waals surface area contributed by atoms with Crippen molar-refractivity contribution < 1.29 is 31.2 Å². The maximum atomic E-state index is 13.4. The second-order valence-electron chi connectivity index (χ2n) is 9.25. The molecule has 220 valence electrons. The highest BCUT2D eigenvalue weighted by atomic mass is 32.2. The zero-order valence-electron chi connectivity index (χ0n) is 21.5. The van der Waals surface area contributed by atoms with E-state index in [1.807, 2.05) is 30.3 Å². The van der Waals surface area contributed by atoms with Gasteiger partial charge in [-0.3, -0.25) is 10.1 Å². The Morgan fingerprint density at radius 3 is 2.48 bits per heavy atom. The molecule has 17 heteroatoms. The number of hydrogen-bond acceptors (Lipinski definition) is 10. The number of alkyl halides is 3. The van der Waals surface area contributed by atoms with Crippen LogP contribution < -0.4 is 10.6 Å². The molecule has 2 aromatic heterocycles. The van der Waals surface area contributed by atoms with Crippen LogP contribution in [-0.2, 0) is 21.8 Å². The molecule has 0 bridgehead atoms. The van der Waals surface area contributed by atoms with Crippen molar-refractivity contribution in [2.75, 3.05) is 10.6 Å². The molecule has 0 unspecified atom stereocenters. The van der Waals surface area contributed by atoms with Crippen molar-refractivity contribution in [3.63, 3.8) is 0 Å². The molecule has 1 aliphatic rings. The van der Waals surface area contributed by atoms with Gasteiger partial charge in [-0.1, -0.05) is 47.5 Å². The Balaban J connectivity index is 1.41. The van der Waals surface area contributed by atoms with E-state index in [1.165, 1.54) is 11.8 Å². The van der Waals surface area contributed by atoms with Crippen molar-refractivity contribution in [3.05, 3.63) is 65.4 Å². The van der Waals surface area contributed by atoms with Gasteiger partial charge in [-0.15, -0.1) is 11.8 Å². The first-order chi connectivity index (χ1) is 20.0. The SMILES string of the molecule is O=C(Nc1nc(CSc2ccccc2)c(S(=O)(=O)c2nnn[nH]2)s1)Nc1ccc(C(F)(F)F)cc1C(=O)C1CCCC1. The normalized spacial score (nSPS) is 14.2. The highest BCUT2D eigenvalue weighted by Gasteiger charge is 2.34. The van der Waals surface area contributed by atoms with Gasteiger partial charge in [0.2, 0.25) is 0 Å². The monoisotopic (exact) mass is 637 g/mol. The van der Waals surface area contributed by atoms with E-state index in [0.717, 1.165) is 35.9 Å². The Labute approximate surface area is 245 Å². The standard InChI is InChI=1S/C25H22F3N7O4S3/c26-25(27,28)15-10-11-18(17(12-15)20(36)14-6-4-5-7-14)29-22(37)31-23-30-19(13-40-16-8-2-1-3-9-16)21(41-23)42(38,39)24-32-34-35-33-24/h1-3,8-12,14H,4-7,13H2,(H2,29,30,31,37)(H,32,33,34,35). The number of urea groups is 1. The number of hydrogen-bond donors (Lipinski definition) is 3. The van der Waals surface area contributed by atoms with Gasteiger partial charge in [0.1, 0.15) is 0 Å². The lowest BCUT2D eigenvalue weighted by molar-refractivity contribution is -0.137. The zero-order valence-corrected chi connectivity index (χ0v) is 24.0. The third kappa shape index (κ3) is 6.63. The molecule has 0 saturated heterocycles. The number of thioether (sulfide) groups is 1. The maximum Gasteiger partial charge on any atom is 0.416 e. The predicted octanol–water partition coefficient (Wildman–Crippen LogP) is 5.82. The Morgan fingerprint density at radius 1 is 1.07 bits per heavy atom. The number of H-pyrrole nitrogens is 1. The lowest BCUT2D eigenvalue weighted by Gasteiger charge is -2.16. The molecule has 2 aromatic carbocycles. The summed E-state index contributed by atoms with van der Waals surface area (Å²) in [5.74, 6) is -0.782. The molecule has 2 amide bonds. The molecule has 5 rings (SSSR count). The number of ketones is 1. The Hall–Kier alpha value is -3.83. The number of Topliss-reactive ketones (excluding diaryl/α,β-unsaturated/α-hetero) is 1. The van der Waals surface area contributed by atoms with Crippen molar-refractivity contribution in [3.8, 4) is 0 Å². The third-order valence-corrected chi connectivity index (χ3v) is 10.6. The number of aromatic nitrogens is 5. The van der Waals surface area contributed by atoms with E-state index in [0.29, 0.717) is 24.2 Å². The van der Waals surface area contributed by atoms with Crippen LogP contribution in [0.5, 0.6) is 0 Å². The molecular formula is C25H22F3N7O4S3. The zero-order chi connectivity index (χ0) is 29.9. The highest BCUT2D eigenvalue weighted by Crippen LogP contribution is 2.37. The molecule has 1 fully saturated rings. The minimum absolute atomic E-state index is 0.0993. The number of nitrogens with zero attached hydrogens (tertiary/aromatic N) is 4. The number of sulfone groups is 1. The number of benzene rings is 2. The molecule has 4 aromatic rings. The fourth-order valence-electron chi connectivity index (χ4n) is 4.40. The average molecular weight is 638 g/mol. The Bertz CT molecular complexity index is 1690. The van der Waals surface area contributed by atoms with Crippen LogP contribution in [0, 0.1) is 5.92 Å². The number of halogens is 3. The Morgan fingerprint density at radius 2 is 1.81 bits per heavy atom. The number of tetrazole rings is 1. The van der Waals surface area contributed by atoms with Crippen molar-refractivity contribution in [1.82, 2.24) is 25.6 Å². The number of rotatable bonds is 9. The smallest absolute Gasteiger partial charge is 0.307 e. The summed E-state index contributed by atoms with van der Waals surface area (Å²) < 4.78 is 66.5. The summed E-state index contributed by atoms with van der Waals surface area (Å²) in [7, 11) is -4.22. The quantitative estimate of drug-likeness (QED) is 0.152. The van der Waals surface area contributed by atoms with Crippen LogP contribution >= 0.6 is 23.1 Å². The molecule has 0 aliphatic heterocycles. The molecule has 2 heterocycles. The highest BCUT2D eigenvalue weighted by molar-refractivity contribution is 7.98. The van der Waals surface area contributed by atoms with E-state index in [2.05, 4.69) is 36.2 Å². The maximum absolute atomic E-state index is 13.4. The van der Waals surface area contributed by atoms with E-state index < -0.39 is 44.5 Å². The predicted molar refractivity (Wildman–Crippen MR) is 148 cm³/mol. The van der Waals surface area contributed by atoms with Gasteiger partial charge >= 0.3 is 12.2 Å². The number of nitrogens with one attached hydrogen (secondary N) is 3. The van der Waals surface area contributed by atoms with Crippen molar-refractivity contribution in [2.45, 2.75) is 51.9 Å². The van der Waals surface area contributed by atoms with Crippen LogP contribution in [0.1, 0.15) is 47.3 Å². The topological polar surface area (TPSA) is 160 Å². The van der Waals surface area contributed by atoms with Gasteiger partial charge in [-0.05, 0) is 53.6 Å². The van der Waals surface area contributed by atoms with Crippen LogP contribution in [0.25, 0.3) is 0 Å². The van der Waals surface area contributed by atoms with Crippen molar-refractivity contribution in [2.24, 2.45) is 5.92 Å². The molecule has 3 N–H and O–H groups in total. The number of thiazole rings is 1. The molecule has 0 atom stereocenters. The van der Waals surface area contributed by atoms with Gasteiger partial charge in [0.05, 0.1) is 16.9 Å². The van der Waals surface area contributed by atoms with Crippen LogP contribution in [-0.4, -0.2) is 45.8 Å². The lowest BCUT2D eigenvalue weighted by atomic mass is 9.93. The molecule has 42 heavy (non-hydrogen) atoms.